The van der Waals surface area contributed by atoms with Crippen LogP contribution >= 0.6 is 11.8 Å². The van der Waals surface area contributed by atoms with E-state index < -0.39 is 4.92 Å². The molecule has 0 unspecified atom stereocenters. The number of nitro groups is 1. The third-order valence-electron chi connectivity index (χ3n) is 3.31. The van der Waals surface area contributed by atoms with Gasteiger partial charge in [0.2, 0.25) is 0 Å². The van der Waals surface area contributed by atoms with E-state index in [0.29, 0.717) is 34.5 Å². The first-order valence-corrected chi connectivity index (χ1v) is 7.84. The minimum atomic E-state index is -0.537. The van der Waals surface area contributed by atoms with Gasteiger partial charge in [0.1, 0.15) is 0 Å². The summed E-state index contributed by atoms with van der Waals surface area (Å²) in [6, 6.07) is 7.68. The highest BCUT2D eigenvalue weighted by molar-refractivity contribution is 7.99. The fourth-order valence-electron chi connectivity index (χ4n) is 2.17. The first kappa shape index (κ1) is 15.9. The summed E-state index contributed by atoms with van der Waals surface area (Å²) < 4.78 is 7.20. The van der Waals surface area contributed by atoms with Gasteiger partial charge in [0, 0.05) is 29.1 Å². The Kier molecular flexibility index (Phi) is 4.43. The van der Waals surface area contributed by atoms with E-state index in [-0.39, 0.29) is 11.3 Å². The molecule has 0 aliphatic heterocycles. The van der Waals surface area contributed by atoms with Crippen molar-refractivity contribution in [3.63, 3.8) is 0 Å². The molecule has 2 aromatic heterocycles. The lowest BCUT2D eigenvalue weighted by atomic mass is 10.2. The Bertz CT molecular complexity index is 889. The summed E-state index contributed by atoms with van der Waals surface area (Å²) >= 11 is 1.22. The minimum Gasteiger partial charge on any atom is -0.461 e. The number of aldehydes is 1. The van der Waals surface area contributed by atoms with Crippen molar-refractivity contribution < 1.29 is 14.1 Å². The SMILES string of the molecule is CCn1c(Sc2ccc([N+](=O)[O-])cc2C=O)nnc1-c1ccco1. The molecule has 0 aliphatic carbocycles. The molecule has 0 radical (unpaired) electrons. The van der Waals surface area contributed by atoms with Crippen molar-refractivity contribution >= 4 is 23.7 Å². The third kappa shape index (κ3) is 2.93. The van der Waals surface area contributed by atoms with E-state index in [1.807, 2.05) is 11.5 Å². The predicted octanol–water partition coefficient (Wildman–Crippen LogP) is 3.43. The van der Waals surface area contributed by atoms with Gasteiger partial charge in [-0.05, 0) is 36.9 Å². The van der Waals surface area contributed by atoms with Crippen molar-refractivity contribution in [2.75, 3.05) is 0 Å². The van der Waals surface area contributed by atoms with Crippen molar-refractivity contribution in [2.45, 2.75) is 23.5 Å². The molecule has 1 aromatic carbocycles. The van der Waals surface area contributed by atoms with Crippen LogP contribution in [0.25, 0.3) is 11.6 Å². The Hall–Kier alpha value is -2.94. The highest BCUT2D eigenvalue weighted by atomic mass is 32.2. The summed E-state index contributed by atoms with van der Waals surface area (Å²) in [5.41, 5.74) is 0.106. The van der Waals surface area contributed by atoms with Crippen molar-refractivity contribution in [2.24, 2.45) is 0 Å². The third-order valence-corrected chi connectivity index (χ3v) is 4.38. The van der Waals surface area contributed by atoms with Crippen molar-refractivity contribution in [3.8, 4) is 11.6 Å². The highest BCUT2D eigenvalue weighted by Gasteiger charge is 2.18. The zero-order valence-corrected chi connectivity index (χ0v) is 13.4. The van der Waals surface area contributed by atoms with E-state index in [9.17, 15) is 14.9 Å². The zero-order valence-electron chi connectivity index (χ0n) is 12.6. The van der Waals surface area contributed by atoms with Gasteiger partial charge in [-0.15, -0.1) is 10.2 Å². The van der Waals surface area contributed by atoms with Crippen LogP contribution in [0.1, 0.15) is 17.3 Å². The van der Waals surface area contributed by atoms with Crippen LogP contribution in [0.2, 0.25) is 0 Å². The van der Waals surface area contributed by atoms with Crippen molar-refractivity contribution in [1.82, 2.24) is 14.8 Å². The number of non-ortho nitro benzene ring substituents is 1. The number of hydrogen-bond donors (Lipinski definition) is 0. The van der Waals surface area contributed by atoms with Gasteiger partial charge in [-0.1, -0.05) is 0 Å². The lowest BCUT2D eigenvalue weighted by molar-refractivity contribution is -0.384. The Morgan fingerprint density at radius 1 is 1.38 bits per heavy atom. The second-order valence-corrected chi connectivity index (χ2v) is 5.74. The number of nitrogens with zero attached hydrogens (tertiary/aromatic N) is 4. The van der Waals surface area contributed by atoms with Crippen LogP contribution in [0.15, 0.2) is 51.1 Å². The summed E-state index contributed by atoms with van der Waals surface area (Å²) in [4.78, 5) is 22.1. The Labute approximate surface area is 140 Å². The van der Waals surface area contributed by atoms with Crippen LogP contribution in [0.3, 0.4) is 0 Å². The monoisotopic (exact) mass is 344 g/mol. The van der Waals surface area contributed by atoms with Crippen LogP contribution in [0, 0.1) is 10.1 Å². The molecule has 0 fully saturated rings. The van der Waals surface area contributed by atoms with Gasteiger partial charge >= 0.3 is 0 Å². The number of aromatic nitrogens is 3. The van der Waals surface area contributed by atoms with Gasteiger partial charge < -0.3 is 4.42 Å². The number of hydrogen-bond acceptors (Lipinski definition) is 7. The summed E-state index contributed by atoms with van der Waals surface area (Å²) in [5, 5.41) is 19.7. The van der Waals surface area contributed by atoms with Crippen LogP contribution in [0.4, 0.5) is 5.69 Å². The second-order valence-electron chi connectivity index (χ2n) is 4.73. The highest BCUT2D eigenvalue weighted by Crippen LogP contribution is 2.33. The molecule has 8 nitrogen and oxygen atoms in total. The maximum absolute atomic E-state index is 11.2. The smallest absolute Gasteiger partial charge is 0.270 e. The number of benzene rings is 1. The lowest BCUT2D eigenvalue weighted by Gasteiger charge is -2.07. The topological polar surface area (TPSA) is 104 Å². The maximum atomic E-state index is 11.2. The van der Waals surface area contributed by atoms with E-state index in [2.05, 4.69) is 10.2 Å². The summed E-state index contributed by atoms with van der Waals surface area (Å²) in [5.74, 6) is 1.18. The molecule has 3 aromatic rings. The van der Waals surface area contributed by atoms with Gasteiger partial charge in [0.25, 0.3) is 5.69 Å². The second kappa shape index (κ2) is 6.67. The quantitative estimate of drug-likeness (QED) is 0.383. The molecule has 3 rings (SSSR count). The molecule has 0 saturated carbocycles. The van der Waals surface area contributed by atoms with Crippen LogP contribution in [-0.4, -0.2) is 26.0 Å². The zero-order chi connectivity index (χ0) is 17.1. The number of carbonyl (C=O) groups is 1. The van der Waals surface area contributed by atoms with Gasteiger partial charge in [0.15, 0.2) is 23.0 Å². The molecular formula is C15H12N4O4S. The molecule has 9 heteroatoms. The summed E-state index contributed by atoms with van der Waals surface area (Å²) in [6.07, 6.45) is 2.15. The van der Waals surface area contributed by atoms with E-state index in [1.165, 1.54) is 30.0 Å². The van der Waals surface area contributed by atoms with E-state index in [1.54, 1.807) is 18.4 Å². The van der Waals surface area contributed by atoms with Crippen LogP contribution in [-0.2, 0) is 6.54 Å². The van der Waals surface area contributed by atoms with Crippen LogP contribution < -0.4 is 0 Å². The lowest BCUT2D eigenvalue weighted by Crippen LogP contribution is -1.99. The summed E-state index contributed by atoms with van der Waals surface area (Å²) in [7, 11) is 0. The van der Waals surface area contributed by atoms with E-state index >= 15 is 0 Å². The molecule has 2 heterocycles. The fraction of sp³-hybridized carbons (Fsp3) is 0.133. The van der Waals surface area contributed by atoms with E-state index in [0.717, 1.165) is 0 Å². The predicted molar refractivity (Wildman–Crippen MR) is 86.0 cm³/mol. The van der Waals surface area contributed by atoms with Crippen molar-refractivity contribution in [1.29, 1.82) is 0 Å². The Morgan fingerprint density at radius 3 is 2.83 bits per heavy atom. The average molecular weight is 344 g/mol. The molecule has 0 bridgehead atoms. The minimum absolute atomic E-state index is 0.130. The van der Waals surface area contributed by atoms with Gasteiger partial charge in [-0.2, -0.15) is 0 Å². The number of rotatable bonds is 6. The van der Waals surface area contributed by atoms with Gasteiger partial charge in [-0.3, -0.25) is 19.5 Å². The average Bonchev–Trinajstić information content (AvgIpc) is 3.23. The number of carbonyl (C=O) groups excluding carboxylic acids is 1. The summed E-state index contributed by atoms with van der Waals surface area (Å²) in [6.45, 7) is 2.55. The molecule has 122 valence electrons. The largest absolute Gasteiger partial charge is 0.461 e. The van der Waals surface area contributed by atoms with E-state index in [4.69, 9.17) is 4.42 Å². The van der Waals surface area contributed by atoms with Gasteiger partial charge in [-0.25, -0.2) is 0 Å². The molecule has 24 heavy (non-hydrogen) atoms. The molecule has 0 N–H and O–H groups in total. The molecule has 0 atom stereocenters. The Morgan fingerprint density at radius 2 is 2.21 bits per heavy atom. The maximum Gasteiger partial charge on any atom is 0.270 e. The molecule has 0 saturated heterocycles. The Balaban J connectivity index is 1.97. The number of furan rings is 1. The fourth-order valence-corrected chi connectivity index (χ4v) is 3.14. The van der Waals surface area contributed by atoms with Crippen molar-refractivity contribution in [3.05, 3.63) is 52.3 Å². The normalized spacial score (nSPS) is 10.7. The molecule has 0 amide bonds. The number of nitro benzene ring substituents is 1. The molecule has 0 spiro atoms. The molecule has 0 aliphatic rings. The van der Waals surface area contributed by atoms with Gasteiger partial charge in [0.05, 0.1) is 11.2 Å². The van der Waals surface area contributed by atoms with Crippen LogP contribution in [0.5, 0.6) is 0 Å². The standard InChI is InChI=1S/C15H12N4O4S/c1-2-18-14(12-4-3-7-23-12)16-17-15(18)24-13-6-5-11(19(21)22)8-10(13)9-20/h3-9H,2H2,1H3. The molecular weight excluding hydrogens is 332 g/mol. The first-order chi connectivity index (χ1) is 11.6. The first-order valence-electron chi connectivity index (χ1n) is 7.02.